The number of amides is 2. The molecule has 1 aromatic carbocycles. The number of rotatable bonds is 6. The van der Waals surface area contributed by atoms with E-state index in [0.29, 0.717) is 6.54 Å². The van der Waals surface area contributed by atoms with Crippen LogP contribution in [0.1, 0.15) is 43.7 Å². The SMILES string of the molecule is CCCNC(=O)NCc1cccc(CN2CCCCC2)c1. The number of benzene rings is 1. The van der Waals surface area contributed by atoms with Crippen molar-refractivity contribution in [2.75, 3.05) is 19.6 Å². The summed E-state index contributed by atoms with van der Waals surface area (Å²) < 4.78 is 0. The van der Waals surface area contributed by atoms with Gasteiger partial charge in [0.1, 0.15) is 0 Å². The van der Waals surface area contributed by atoms with Crippen molar-refractivity contribution in [1.82, 2.24) is 15.5 Å². The Labute approximate surface area is 127 Å². The standard InChI is InChI=1S/C17H27N3O/c1-2-9-18-17(21)19-13-15-7-6-8-16(12-15)14-20-10-4-3-5-11-20/h6-8,12H,2-5,9-11,13-14H2,1H3,(H2,18,19,21). The summed E-state index contributed by atoms with van der Waals surface area (Å²) in [5, 5.41) is 5.73. The van der Waals surface area contributed by atoms with Crippen molar-refractivity contribution in [3.8, 4) is 0 Å². The summed E-state index contributed by atoms with van der Waals surface area (Å²) in [4.78, 5) is 14.1. The second kappa shape index (κ2) is 8.67. The first-order chi connectivity index (χ1) is 10.3. The van der Waals surface area contributed by atoms with Crippen molar-refractivity contribution in [2.45, 2.75) is 45.7 Å². The van der Waals surface area contributed by atoms with Crippen molar-refractivity contribution in [1.29, 1.82) is 0 Å². The van der Waals surface area contributed by atoms with Crippen LogP contribution in [0, 0.1) is 0 Å². The Morgan fingerprint density at radius 2 is 1.90 bits per heavy atom. The first-order valence-electron chi connectivity index (χ1n) is 8.10. The summed E-state index contributed by atoms with van der Waals surface area (Å²) in [6.07, 6.45) is 4.96. The van der Waals surface area contributed by atoms with Gasteiger partial charge in [-0.1, -0.05) is 37.6 Å². The molecular formula is C17H27N3O. The van der Waals surface area contributed by atoms with Gasteiger partial charge in [-0.25, -0.2) is 4.79 Å². The first kappa shape index (κ1) is 15.8. The van der Waals surface area contributed by atoms with Gasteiger partial charge in [0.05, 0.1) is 0 Å². The van der Waals surface area contributed by atoms with Gasteiger partial charge in [0, 0.05) is 19.6 Å². The molecule has 0 unspecified atom stereocenters. The number of urea groups is 1. The molecule has 1 heterocycles. The van der Waals surface area contributed by atoms with Crippen molar-refractivity contribution in [3.63, 3.8) is 0 Å². The molecule has 116 valence electrons. The van der Waals surface area contributed by atoms with Crippen molar-refractivity contribution < 1.29 is 4.79 Å². The predicted molar refractivity (Wildman–Crippen MR) is 86.1 cm³/mol. The molecule has 21 heavy (non-hydrogen) atoms. The number of nitrogens with zero attached hydrogens (tertiary/aromatic N) is 1. The molecule has 4 nitrogen and oxygen atoms in total. The maximum absolute atomic E-state index is 11.5. The first-order valence-corrected chi connectivity index (χ1v) is 8.10. The fourth-order valence-electron chi connectivity index (χ4n) is 2.70. The van der Waals surface area contributed by atoms with E-state index in [4.69, 9.17) is 0 Å². The summed E-state index contributed by atoms with van der Waals surface area (Å²) in [5.41, 5.74) is 2.50. The van der Waals surface area contributed by atoms with Crippen LogP contribution >= 0.6 is 0 Å². The summed E-state index contributed by atoms with van der Waals surface area (Å²) in [5.74, 6) is 0. The molecule has 0 aliphatic carbocycles. The van der Waals surface area contributed by atoms with Crippen LogP contribution in [0.4, 0.5) is 4.79 Å². The van der Waals surface area contributed by atoms with Crippen LogP contribution in [0.15, 0.2) is 24.3 Å². The number of carbonyl (C=O) groups excluding carboxylic acids is 1. The van der Waals surface area contributed by atoms with Gasteiger partial charge in [-0.3, -0.25) is 4.90 Å². The zero-order valence-electron chi connectivity index (χ0n) is 13.0. The van der Waals surface area contributed by atoms with E-state index in [1.165, 1.54) is 37.9 Å². The Morgan fingerprint density at radius 3 is 2.67 bits per heavy atom. The van der Waals surface area contributed by atoms with E-state index in [2.05, 4.69) is 39.8 Å². The number of piperidine rings is 1. The van der Waals surface area contributed by atoms with Gasteiger partial charge in [0.2, 0.25) is 0 Å². The summed E-state index contributed by atoms with van der Waals surface area (Å²) >= 11 is 0. The molecule has 1 aliphatic rings. The lowest BCUT2D eigenvalue weighted by molar-refractivity contribution is 0.221. The molecule has 0 atom stereocenters. The quantitative estimate of drug-likeness (QED) is 0.846. The lowest BCUT2D eigenvalue weighted by atomic mass is 10.1. The van der Waals surface area contributed by atoms with Crippen LogP contribution in [0.3, 0.4) is 0 Å². The van der Waals surface area contributed by atoms with E-state index in [1.54, 1.807) is 0 Å². The molecule has 2 rings (SSSR count). The van der Waals surface area contributed by atoms with E-state index >= 15 is 0 Å². The van der Waals surface area contributed by atoms with Gasteiger partial charge in [0.25, 0.3) is 0 Å². The highest BCUT2D eigenvalue weighted by Crippen LogP contribution is 2.14. The average Bonchev–Trinajstić information content (AvgIpc) is 2.52. The van der Waals surface area contributed by atoms with Gasteiger partial charge in [-0.2, -0.15) is 0 Å². The van der Waals surface area contributed by atoms with E-state index < -0.39 is 0 Å². The molecule has 1 fully saturated rings. The third-order valence-electron chi connectivity index (χ3n) is 3.83. The number of hydrogen-bond acceptors (Lipinski definition) is 2. The van der Waals surface area contributed by atoms with Gasteiger partial charge < -0.3 is 10.6 Å². The minimum atomic E-state index is -0.0849. The highest BCUT2D eigenvalue weighted by atomic mass is 16.2. The van der Waals surface area contributed by atoms with Crippen LogP contribution in [0.2, 0.25) is 0 Å². The van der Waals surface area contributed by atoms with Crippen molar-refractivity contribution in [3.05, 3.63) is 35.4 Å². The monoisotopic (exact) mass is 289 g/mol. The molecule has 0 spiro atoms. The van der Waals surface area contributed by atoms with Crippen LogP contribution in [0.5, 0.6) is 0 Å². The Hall–Kier alpha value is -1.55. The Kier molecular flexibility index (Phi) is 6.54. The molecule has 1 aromatic rings. The Bertz CT molecular complexity index is 441. The van der Waals surface area contributed by atoms with Crippen molar-refractivity contribution in [2.24, 2.45) is 0 Å². The summed E-state index contributed by atoms with van der Waals surface area (Å²) in [6.45, 7) is 6.80. The molecule has 1 saturated heterocycles. The zero-order chi connectivity index (χ0) is 14.9. The Morgan fingerprint density at radius 1 is 1.14 bits per heavy atom. The molecular weight excluding hydrogens is 262 g/mol. The molecule has 0 aromatic heterocycles. The third kappa shape index (κ3) is 5.76. The predicted octanol–water partition coefficient (Wildman–Crippen LogP) is 2.88. The van der Waals surface area contributed by atoms with E-state index in [1.807, 2.05) is 6.92 Å². The van der Waals surface area contributed by atoms with Crippen LogP contribution in [-0.4, -0.2) is 30.6 Å². The molecule has 4 heteroatoms. The lowest BCUT2D eigenvalue weighted by Gasteiger charge is -2.26. The van der Waals surface area contributed by atoms with Crippen LogP contribution in [-0.2, 0) is 13.1 Å². The van der Waals surface area contributed by atoms with Gasteiger partial charge >= 0.3 is 6.03 Å². The minimum absolute atomic E-state index is 0.0849. The number of nitrogens with one attached hydrogen (secondary N) is 2. The number of likely N-dealkylation sites (tertiary alicyclic amines) is 1. The molecule has 2 N–H and O–H groups in total. The maximum atomic E-state index is 11.5. The number of hydrogen-bond donors (Lipinski definition) is 2. The fourth-order valence-corrected chi connectivity index (χ4v) is 2.70. The van der Waals surface area contributed by atoms with Crippen molar-refractivity contribution >= 4 is 6.03 Å². The third-order valence-corrected chi connectivity index (χ3v) is 3.83. The summed E-state index contributed by atoms with van der Waals surface area (Å²) in [7, 11) is 0. The maximum Gasteiger partial charge on any atom is 0.315 e. The highest BCUT2D eigenvalue weighted by molar-refractivity contribution is 5.73. The highest BCUT2D eigenvalue weighted by Gasteiger charge is 2.10. The van der Waals surface area contributed by atoms with Crippen LogP contribution in [0.25, 0.3) is 0 Å². The topological polar surface area (TPSA) is 44.4 Å². The van der Waals surface area contributed by atoms with Crippen LogP contribution < -0.4 is 10.6 Å². The molecule has 2 amide bonds. The average molecular weight is 289 g/mol. The second-order valence-electron chi connectivity index (χ2n) is 5.77. The molecule has 0 radical (unpaired) electrons. The largest absolute Gasteiger partial charge is 0.338 e. The second-order valence-corrected chi connectivity index (χ2v) is 5.77. The normalized spacial score (nSPS) is 15.7. The lowest BCUT2D eigenvalue weighted by Crippen LogP contribution is -2.35. The van der Waals surface area contributed by atoms with Gasteiger partial charge in [-0.15, -0.1) is 0 Å². The van der Waals surface area contributed by atoms with Gasteiger partial charge in [-0.05, 0) is 43.5 Å². The van der Waals surface area contributed by atoms with E-state index in [-0.39, 0.29) is 6.03 Å². The van der Waals surface area contributed by atoms with E-state index in [0.717, 1.165) is 25.1 Å². The number of carbonyl (C=O) groups is 1. The minimum Gasteiger partial charge on any atom is -0.338 e. The zero-order valence-corrected chi connectivity index (χ0v) is 13.0. The molecule has 1 aliphatic heterocycles. The summed E-state index contributed by atoms with van der Waals surface area (Å²) in [6, 6.07) is 8.45. The Balaban J connectivity index is 1.81. The molecule has 0 bridgehead atoms. The van der Waals surface area contributed by atoms with E-state index in [9.17, 15) is 4.79 Å². The smallest absolute Gasteiger partial charge is 0.315 e. The fraction of sp³-hybridized carbons (Fsp3) is 0.588. The van der Waals surface area contributed by atoms with Gasteiger partial charge in [0.15, 0.2) is 0 Å². The molecule has 0 saturated carbocycles.